The quantitative estimate of drug-likeness (QED) is 0.725. The van der Waals surface area contributed by atoms with E-state index in [4.69, 9.17) is 0 Å². The topological polar surface area (TPSA) is 66.0 Å². The Labute approximate surface area is 116 Å². The molecule has 0 aliphatic heterocycles. The van der Waals surface area contributed by atoms with Crippen molar-refractivity contribution < 1.29 is 5.11 Å². The SMILES string of the molecule is O=c1c(O)c(-c2ccc(Br)cc2)[nH]c2ncccc12. The van der Waals surface area contributed by atoms with Gasteiger partial charge >= 0.3 is 0 Å². The van der Waals surface area contributed by atoms with Crippen molar-refractivity contribution in [3.05, 3.63) is 57.3 Å². The van der Waals surface area contributed by atoms with Gasteiger partial charge in [0.1, 0.15) is 5.65 Å². The molecule has 0 unspecified atom stereocenters. The Hall–Kier alpha value is -2.14. The minimum atomic E-state index is -0.417. The van der Waals surface area contributed by atoms with Crippen LogP contribution in [0.3, 0.4) is 0 Å². The zero-order chi connectivity index (χ0) is 13.4. The van der Waals surface area contributed by atoms with Crippen molar-refractivity contribution in [2.45, 2.75) is 0 Å². The maximum absolute atomic E-state index is 12.1. The summed E-state index contributed by atoms with van der Waals surface area (Å²) in [6.07, 6.45) is 1.60. The Kier molecular flexibility index (Phi) is 2.83. The molecule has 19 heavy (non-hydrogen) atoms. The number of aromatic hydroxyl groups is 1. The molecule has 3 aromatic rings. The number of benzene rings is 1. The molecule has 0 atom stereocenters. The Morgan fingerprint density at radius 2 is 1.89 bits per heavy atom. The molecule has 2 aromatic heterocycles. The zero-order valence-electron chi connectivity index (χ0n) is 9.72. The lowest BCUT2D eigenvalue weighted by Crippen LogP contribution is -2.05. The van der Waals surface area contributed by atoms with E-state index >= 15 is 0 Å². The molecule has 0 aliphatic rings. The molecule has 3 rings (SSSR count). The molecule has 0 aliphatic carbocycles. The van der Waals surface area contributed by atoms with Crippen molar-refractivity contribution in [2.75, 3.05) is 0 Å². The summed E-state index contributed by atoms with van der Waals surface area (Å²) in [5, 5.41) is 10.4. The largest absolute Gasteiger partial charge is 0.503 e. The van der Waals surface area contributed by atoms with E-state index in [2.05, 4.69) is 25.9 Å². The highest BCUT2D eigenvalue weighted by Gasteiger charge is 2.12. The Bertz CT molecular complexity index is 810. The summed E-state index contributed by atoms with van der Waals surface area (Å²) in [5.41, 5.74) is 1.15. The third-order valence-corrected chi connectivity index (χ3v) is 3.41. The number of hydrogen-bond acceptors (Lipinski definition) is 3. The number of nitrogens with zero attached hydrogens (tertiary/aromatic N) is 1. The van der Waals surface area contributed by atoms with E-state index in [1.807, 2.05) is 24.3 Å². The molecule has 2 heterocycles. The van der Waals surface area contributed by atoms with Crippen molar-refractivity contribution in [1.29, 1.82) is 0 Å². The summed E-state index contributed by atoms with van der Waals surface area (Å²) < 4.78 is 0.928. The number of fused-ring (bicyclic) bond motifs is 1. The molecule has 1 aromatic carbocycles. The average Bonchev–Trinajstić information content (AvgIpc) is 2.44. The van der Waals surface area contributed by atoms with Crippen LogP contribution >= 0.6 is 15.9 Å². The van der Waals surface area contributed by atoms with Gasteiger partial charge in [-0.2, -0.15) is 0 Å². The van der Waals surface area contributed by atoms with E-state index in [0.717, 1.165) is 10.0 Å². The summed E-state index contributed by atoms with van der Waals surface area (Å²) in [6, 6.07) is 10.6. The fourth-order valence-corrected chi connectivity index (χ4v) is 2.20. The minimum Gasteiger partial charge on any atom is -0.503 e. The Balaban J connectivity index is 2.33. The number of rotatable bonds is 1. The number of aromatic amines is 1. The summed E-state index contributed by atoms with van der Waals surface area (Å²) in [6.45, 7) is 0. The third-order valence-electron chi connectivity index (χ3n) is 2.88. The number of nitrogens with one attached hydrogen (secondary N) is 1. The van der Waals surface area contributed by atoms with Crippen molar-refractivity contribution in [1.82, 2.24) is 9.97 Å². The molecule has 0 spiro atoms. The number of aromatic nitrogens is 2. The second-order valence-corrected chi connectivity index (χ2v) is 5.00. The van der Waals surface area contributed by atoms with Gasteiger partial charge < -0.3 is 10.1 Å². The highest BCUT2D eigenvalue weighted by molar-refractivity contribution is 9.10. The monoisotopic (exact) mass is 316 g/mol. The summed E-state index contributed by atoms with van der Waals surface area (Å²) in [4.78, 5) is 19.2. The van der Waals surface area contributed by atoms with Crippen molar-refractivity contribution in [3.8, 4) is 17.0 Å². The van der Waals surface area contributed by atoms with Crippen LogP contribution in [-0.2, 0) is 0 Å². The first-order valence-corrected chi connectivity index (χ1v) is 6.42. The fourth-order valence-electron chi connectivity index (χ4n) is 1.93. The van der Waals surface area contributed by atoms with Crippen LogP contribution in [0.1, 0.15) is 0 Å². The van der Waals surface area contributed by atoms with E-state index < -0.39 is 5.43 Å². The van der Waals surface area contributed by atoms with Gasteiger partial charge in [0.25, 0.3) is 0 Å². The van der Waals surface area contributed by atoms with Crippen LogP contribution < -0.4 is 5.43 Å². The minimum absolute atomic E-state index is 0.289. The van der Waals surface area contributed by atoms with Gasteiger partial charge in [-0.3, -0.25) is 4.79 Å². The fraction of sp³-hybridized carbons (Fsp3) is 0. The summed E-state index contributed by atoms with van der Waals surface area (Å²) >= 11 is 3.34. The molecule has 0 bridgehead atoms. The second kappa shape index (κ2) is 4.51. The van der Waals surface area contributed by atoms with Gasteiger partial charge in [-0.25, -0.2) is 4.98 Å². The van der Waals surface area contributed by atoms with E-state index in [9.17, 15) is 9.90 Å². The first kappa shape index (κ1) is 11.9. The van der Waals surface area contributed by atoms with Crippen LogP contribution in [0.5, 0.6) is 5.75 Å². The second-order valence-electron chi connectivity index (χ2n) is 4.08. The maximum atomic E-state index is 12.1. The van der Waals surface area contributed by atoms with Crippen molar-refractivity contribution in [3.63, 3.8) is 0 Å². The third kappa shape index (κ3) is 2.02. The molecule has 0 fully saturated rings. The number of halogens is 1. The van der Waals surface area contributed by atoms with Gasteiger partial charge in [0.15, 0.2) is 5.75 Å². The molecule has 0 saturated carbocycles. The molecule has 0 radical (unpaired) electrons. The molecule has 94 valence electrons. The molecule has 0 amide bonds. The Morgan fingerprint density at radius 1 is 1.16 bits per heavy atom. The Morgan fingerprint density at radius 3 is 2.63 bits per heavy atom. The first-order valence-electron chi connectivity index (χ1n) is 5.63. The van der Waals surface area contributed by atoms with Crippen LogP contribution in [0, 0.1) is 0 Å². The van der Waals surface area contributed by atoms with Gasteiger partial charge in [-0.1, -0.05) is 28.1 Å². The van der Waals surface area contributed by atoms with Gasteiger partial charge in [-0.15, -0.1) is 0 Å². The van der Waals surface area contributed by atoms with Gasteiger partial charge in [-0.05, 0) is 24.3 Å². The molecule has 2 N–H and O–H groups in total. The predicted octanol–water partition coefficient (Wildman–Crippen LogP) is 3.06. The molecule has 4 nitrogen and oxygen atoms in total. The standard InChI is InChI=1S/C14H9BrN2O2/c15-9-5-3-8(4-6-9)11-13(19)12(18)10-2-1-7-16-14(10)17-11/h1-7,19H,(H,16,17,18). The molecule has 0 saturated heterocycles. The molecular weight excluding hydrogens is 308 g/mol. The van der Waals surface area contributed by atoms with Crippen LogP contribution in [0.2, 0.25) is 0 Å². The van der Waals surface area contributed by atoms with Gasteiger partial charge in [0.05, 0.1) is 11.1 Å². The van der Waals surface area contributed by atoms with Gasteiger partial charge in [0, 0.05) is 16.2 Å². The van der Waals surface area contributed by atoms with E-state index in [-0.39, 0.29) is 5.75 Å². The summed E-state index contributed by atoms with van der Waals surface area (Å²) in [5.74, 6) is -0.289. The van der Waals surface area contributed by atoms with Crippen LogP contribution in [-0.4, -0.2) is 15.1 Å². The smallest absolute Gasteiger partial charge is 0.233 e. The highest BCUT2D eigenvalue weighted by atomic mass is 79.9. The van der Waals surface area contributed by atoms with Crippen molar-refractivity contribution in [2.24, 2.45) is 0 Å². The molecule has 5 heteroatoms. The molecular formula is C14H9BrN2O2. The maximum Gasteiger partial charge on any atom is 0.233 e. The van der Waals surface area contributed by atoms with Crippen molar-refractivity contribution >= 4 is 27.0 Å². The predicted molar refractivity (Wildman–Crippen MR) is 77.2 cm³/mol. The highest BCUT2D eigenvalue weighted by Crippen LogP contribution is 2.27. The zero-order valence-corrected chi connectivity index (χ0v) is 11.3. The van der Waals surface area contributed by atoms with Crippen LogP contribution in [0.25, 0.3) is 22.3 Å². The van der Waals surface area contributed by atoms with Gasteiger partial charge in [0.2, 0.25) is 5.43 Å². The van der Waals surface area contributed by atoms with E-state index in [0.29, 0.717) is 16.7 Å². The van der Waals surface area contributed by atoms with Crippen LogP contribution in [0.4, 0.5) is 0 Å². The lowest BCUT2D eigenvalue weighted by Gasteiger charge is -2.06. The van der Waals surface area contributed by atoms with Crippen LogP contribution in [0.15, 0.2) is 51.9 Å². The number of H-pyrrole nitrogens is 1. The summed E-state index contributed by atoms with van der Waals surface area (Å²) in [7, 11) is 0. The van der Waals surface area contributed by atoms with E-state index in [1.165, 1.54) is 0 Å². The lowest BCUT2D eigenvalue weighted by atomic mass is 10.1. The van der Waals surface area contributed by atoms with E-state index in [1.54, 1.807) is 18.3 Å². The average molecular weight is 317 g/mol. The normalized spacial score (nSPS) is 10.8. The lowest BCUT2D eigenvalue weighted by molar-refractivity contribution is 0.471. The number of hydrogen-bond donors (Lipinski definition) is 2. The number of pyridine rings is 2. The first-order chi connectivity index (χ1) is 9.16.